The van der Waals surface area contributed by atoms with Gasteiger partial charge >= 0.3 is 0 Å². The Bertz CT molecular complexity index is 139. The van der Waals surface area contributed by atoms with E-state index in [0.717, 1.165) is 13.1 Å². The van der Waals surface area contributed by atoms with Crippen molar-refractivity contribution in [2.75, 3.05) is 34.2 Å². The molecule has 0 amide bonds. The Morgan fingerprint density at radius 3 is 2.00 bits per heavy atom. The summed E-state index contributed by atoms with van der Waals surface area (Å²) in [4.78, 5) is 4.41. The maximum absolute atomic E-state index is 4.04. The van der Waals surface area contributed by atoms with Crippen LogP contribution in [-0.4, -0.2) is 44.0 Å². The maximum atomic E-state index is 4.04. The third-order valence-electron chi connectivity index (χ3n) is 2.04. The molecule has 0 saturated heterocycles. The van der Waals surface area contributed by atoms with Crippen LogP contribution in [0.4, 0.5) is 0 Å². The molecule has 12 heavy (non-hydrogen) atoms. The van der Waals surface area contributed by atoms with Crippen LogP contribution in [0.5, 0.6) is 0 Å². The van der Waals surface area contributed by atoms with Crippen LogP contribution in [0.3, 0.4) is 0 Å². The van der Waals surface area contributed by atoms with Crippen molar-refractivity contribution in [1.82, 2.24) is 9.80 Å². The molecule has 0 aromatic carbocycles. The van der Waals surface area contributed by atoms with Gasteiger partial charge in [-0.15, -0.1) is 0 Å². The molecule has 0 atom stereocenters. The first-order valence-electron chi connectivity index (χ1n) is 4.49. The molecule has 0 aromatic heterocycles. The zero-order valence-electron chi connectivity index (χ0n) is 9.09. The fourth-order valence-corrected chi connectivity index (χ4v) is 0.934. The van der Waals surface area contributed by atoms with Gasteiger partial charge in [-0.25, -0.2) is 0 Å². The second-order valence-electron chi connectivity index (χ2n) is 3.87. The monoisotopic (exact) mass is 170 g/mol. The lowest BCUT2D eigenvalue weighted by Crippen LogP contribution is -2.29. The summed E-state index contributed by atoms with van der Waals surface area (Å²) in [6.07, 6.45) is 0. The van der Waals surface area contributed by atoms with Crippen LogP contribution in [0.2, 0.25) is 0 Å². The molecule has 0 rings (SSSR count). The Hall–Kier alpha value is -0.500. The van der Waals surface area contributed by atoms with E-state index in [0.29, 0.717) is 5.92 Å². The van der Waals surface area contributed by atoms with Gasteiger partial charge in [-0.05, 0) is 20.0 Å². The molecule has 0 aromatic rings. The Morgan fingerprint density at radius 2 is 1.67 bits per heavy atom. The normalized spacial score (nSPS) is 10.9. The summed E-state index contributed by atoms with van der Waals surface area (Å²) < 4.78 is 0. The van der Waals surface area contributed by atoms with Gasteiger partial charge in [-0.3, -0.25) is 0 Å². The zero-order chi connectivity index (χ0) is 9.72. The summed E-state index contributed by atoms with van der Waals surface area (Å²) >= 11 is 0. The summed E-state index contributed by atoms with van der Waals surface area (Å²) in [6.45, 7) is 10.5. The van der Waals surface area contributed by atoms with Crippen molar-refractivity contribution in [3.05, 3.63) is 12.3 Å². The van der Waals surface area contributed by atoms with Crippen molar-refractivity contribution in [3.8, 4) is 0 Å². The van der Waals surface area contributed by atoms with E-state index in [1.807, 2.05) is 0 Å². The molecule has 0 radical (unpaired) electrons. The van der Waals surface area contributed by atoms with Crippen LogP contribution in [0, 0.1) is 5.92 Å². The van der Waals surface area contributed by atoms with Gasteiger partial charge in [0.05, 0.1) is 0 Å². The Kier molecular flexibility index (Phi) is 4.98. The van der Waals surface area contributed by atoms with E-state index in [1.54, 1.807) is 0 Å². The Balaban J connectivity index is 3.72. The first-order chi connectivity index (χ1) is 5.45. The Labute approximate surface area is 76.9 Å². The smallest absolute Gasteiger partial charge is 0.0299 e. The molecule has 72 valence electrons. The number of likely N-dealkylation sites (N-methyl/N-ethyl adjacent to an activating group) is 2. The predicted molar refractivity (Wildman–Crippen MR) is 55.2 cm³/mol. The van der Waals surface area contributed by atoms with Gasteiger partial charge in [0.15, 0.2) is 0 Å². The van der Waals surface area contributed by atoms with Crippen molar-refractivity contribution >= 4 is 0 Å². The molecule has 0 heterocycles. The fraction of sp³-hybridized carbons (Fsp3) is 0.800. The molecule has 0 aliphatic carbocycles. The summed E-state index contributed by atoms with van der Waals surface area (Å²) in [5.74, 6) is 0.553. The molecule has 0 unspecified atom stereocenters. The lowest BCUT2D eigenvalue weighted by Gasteiger charge is -2.25. The molecule has 2 heteroatoms. The highest BCUT2D eigenvalue weighted by molar-refractivity contribution is 4.95. The summed E-state index contributed by atoms with van der Waals surface area (Å²) in [7, 11) is 6.28. The van der Waals surface area contributed by atoms with E-state index >= 15 is 0 Å². The largest absolute Gasteiger partial charge is 0.377 e. The number of rotatable bonds is 5. The summed E-state index contributed by atoms with van der Waals surface area (Å²) in [6, 6.07) is 0. The minimum atomic E-state index is 0.553. The van der Waals surface area contributed by atoms with E-state index in [4.69, 9.17) is 0 Å². The number of hydrogen-bond acceptors (Lipinski definition) is 2. The average molecular weight is 170 g/mol. The molecular weight excluding hydrogens is 148 g/mol. The van der Waals surface area contributed by atoms with E-state index in [1.165, 1.54) is 5.70 Å². The Morgan fingerprint density at radius 1 is 1.17 bits per heavy atom. The van der Waals surface area contributed by atoms with E-state index in [-0.39, 0.29) is 0 Å². The van der Waals surface area contributed by atoms with Gasteiger partial charge in [-0.1, -0.05) is 20.4 Å². The minimum Gasteiger partial charge on any atom is -0.377 e. The van der Waals surface area contributed by atoms with Crippen molar-refractivity contribution in [1.29, 1.82) is 0 Å². The minimum absolute atomic E-state index is 0.553. The van der Waals surface area contributed by atoms with Crippen LogP contribution >= 0.6 is 0 Å². The molecule has 0 N–H and O–H groups in total. The standard InChI is InChI=1S/C10H22N2/c1-9(2)10(3)12(6)8-7-11(4)5/h9H,3,7-8H2,1-2,4-6H3. The highest BCUT2D eigenvalue weighted by Gasteiger charge is 2.05. The number of allylic oxidation sites excluding steroid dienone is 1. The summed E-state index contributed by atoms with van der Waals surface area (Å²) in [5.41, 5.74) is 1.22. The fourth-order valence-electron chi connectivity index (χ4n) is 0.934. The SMILES string of the molecule is C=C(C(C)C)N(C)CCN(C)C. The quantitative estimate of drug-likeness (QED) is 0.619. The average Bonchev–Trinajstić information content (AvgIpc) is 1.98. The number of hydrogen-bond donors (Lipinski definition) is 0. The molecular formula is C10H22N2. The number of nitrogens with zero attached hydrogens (tertiary/aromatic N) is 2. The van der Waals surface area contributed by atoms with E-state index in [9.17, 15) is 0 Å². The van der Waals surface area contributed by atoms with Crippen LogP contribution in [0.15, 0.2) is 12.3 Å². The van der Waals surface area contributed by atoms with Crippen molar-refractivity contribution < 1.29 is 0 Å². The van der Waals surface area contributed by atoms with Crippen molar-refractivity contribution in [2.24, 2.45) is 5.92 Å². The second-order valence-corrected chi connectivity index (χ2v) is 3.87. The molecule has 0 bridgehead atoms. The second kappa shape index (κ2) is 5.20. The highest BCUT2D eigenvalue weighted by Crippen LogP contribution is 2.09. The van der Waals surface area contributed by atoms with Gasteiger partial charge in [0.1, 0.15) is 0 Å². The molecule has 0 aliphatic rings. The molecule has 0 aliphatic heterocycles. The van der Waals surface area contributed by atoms with Crippen molar-refractivity contribution in [2.45, 2.75) is 13.8 Å². The lowest BCUT2D eigenvalue weighted by molar-refractivity contribution is 0.309. The molecule has 0 saturated carbocycles. The van der Waals surface area contributed by atoms with Crippen LogP contribution < -0.4 is 0 Å². The predicted octanol–water partition coefficient (Wildman–Crippen LogP) is 1.65. The summed E-state index contributed by atoms with van der Waals surface area (Å²) in [5, 5.41) is 0. The molecule has 2 nitrogen and oxygen atoms in total. The van der Waals surface area contributed by atoms with Gasteiger partial charge in [0.25, 0.3) is 0 Å². The third-order valence-corrected chi connectivity index (χ3v) is 2.04. The van der Waals surface area contributed by atoms with Gasteiger partial charge < -0.3 is 9.80 Å². The first kappa shape index (κ1) is 11.5. The topological polar surface area (TPSA) is 6.48 Å². The van der Waals surface area contributed by atoms with Crippen molar-refractivity contribution in [3.63, 3.8) is 0 Å². The van der Waals surface area contributed by atoms with Gasteiger partial charge in [0, 0.05) is 25.8 Å². The zero-order valence-corrected chi connectivity index (χ0v) is 9.09. The maximum Gasteiger partial charge on any atom is 0.0299 e. The lowest BCUT2D eigenvalue weighted by atomic mass is 10.1. The van der Waals surface area contributed by atoms with Gasteiger partial charge in [0.2, 0.25) is 0 Å². The first-order valence-corrected chi connectivity index (χ1v) is 4.49. The highest BCUT2D eigenvalue weighted by atomic mass is 15.2. The third kappa shape index (κ3) is 4.39. The van der Waals surface area contributed by atoms with Crippen LogP contribution in [-0.2, 0) is 0 Å². The molecule has 0 spiro atoms. The molecule has 0 fully saturated rings. The van der Waals surface area contributed by atoms with Gasteiger partial charge in [-0.2, -0.15) is 0 Å². The van der Waals surface area contributed by atoms with Crippen LogP contribution in [0.1, 0.15) is 13.8 Å². The van der Waals surface area contributed by atoms with E-state index in [2.05, 4.69) is 51.4 Å². The van der Waals surface area contributed by atoms with E-state index < -0.39 is 0 Å². The van der Waals surface area contributed by atoms with Crippen LogP contribution in [0.25, 0.3) is 0 Å².